The van der Waals surface area contributed by atoms with E-state index in [1.54, 1.807) is 12.5 Å². The second kappa shape index (κ2) is 4.72. The summed E-state index contributed by atoms with van der Waals surface area (Å²) in [5, 5.41) is 3.61. The fraction of sp³-hybridized carbons (Fsp3) is 0.692. The molecule has 0 radical (unpaired) electrons. The normalized spacial score (nSPS) is 30.4. The second-order valence-electron chi connectivity index (χ2n) is 5.17. The van der Waals surface area contributed by atoms with Gasteiger partial charge >= 0.3 is 5.97 Å². The lowest BCUT2D eigenvalue weighted by molar-refractivity contribution is 0.0509. The van der Waals surface area contributed by atoms with Crippen molar-refractivity contribution in [3.8, 4) is 0 Å². The Labute approximate surface area is 107 Å². The van der Waals surface area contributed by atoms with Crippen LogP contribution in [0.5, 0.6) is 0 Å². The number of hydrogen-bond donors (Lipinski definition) is 1. The van der Waals surface area contributed by atoms with Crippen molar-refractivity contribution in [2.45, 2.75) is 50.7 Å². The number of carbonyl (C=O) groups excluding carboxylic acids is 1. The van der Waals surface area contributed by atoms with Gasteiger partial charge in [0.25, 0.3) is 0 Å². The van der Waals surface area contributed by atoms with Gasteiger partial charge in [0.1, 0.15) is 5.69 Å². The fourth-order valence-corrected chi connectivity index (χ4v) is 3.21. The highest BCUT2D eigenvalue weighted by molar-refractivity contribution is 5.87. The lowest BCUT2D eigenvalue weighted by atomic mass is 9.99. The lowest BCUT2D eigenvalue weighted by Crippen LogP contribution is -2.39. The molecule has 2 saturated heterocycles. The number of ether oxygens (including phenoxy) is 1. The smallest absolute Gasteiger partial charge is 0.356 e. The summed E-state index contributed by atoms with van der Waals surface area (Å²) < 4.78 is 7.08. The van der Waals surface area contributed by atoms with Crippen molar-refractivity contribution in [3.05, 3.63) is 18.2 Å². The quantitative estimate of drug-likeness (QED) is 0.825. The topological polar surface area (TPSA) is 56.1 Å². The van der Waals surface area contributed by atoms with Crippen LogP contribution < -0.4 is 5.32 Å². The Morgan fingerprint density at radius 1 is 1.50 bits per heavy atom. The van der Waals surface area contributed by atoms with E-state index < -0.39 is 0 Å². The van der Waals surface area contributed by atoms with E-state index in [4.69, 9.17) is 4.74 Å². The van der Waals surface area contributed by atoms with Crippen molar-refractivity contribution in [1.82, 2.24) is 14.9 Å². The van der Waals surface area contributed by atoms with Crippen molar-refractivity contribution < 1.29 is 9.53 Å². The van der Waals surface area contributed by atoms with E-state index in [1.165, 1.54) is 12.8 Å². The standard InChI is InChI=1S/C13H19N3O2/c1-2-18-13(17)12-7-14-8-16(12)11-5-9-3-4-10(6-11)15-9/h7-11,15H,2-6H2,1H3. The third kappa shape index (κ3) is 2.03. The van der Waals surface area contributed by atoms with Gasteiger partial charge in [-0.25, -0.2) is 9.78 Å². The van der Waals surface area contributed by atoms with Crippen LogP contribution in [-0.2, 0) is 4.74 Å². The molecule has 0 aliphatic carbocycles. The average Bonchev–Trinajstić information content (AvgIpc) is 2.96. The molecule has 3 heterocycles. The molecule has 0 amide bonds. The van der Waals surface area contributed by atoms with Crippen LogP contribution in [-0.4, -0.2) is 34.2 Å². The fourth-order valence-electron chi connectivity index (χ4n) is 3.21. The first-order valence-electron chi connectivity index (χ1n) is 6.73. The van der Waals surface area contributed by atoms with Gasteiger partial charge in [0.05, 0.1) is 19.1 Å². The van der Waals surface area contributed by atoms with Crippen molar-refractivity contribution in [2.75, 3.05) is 6.61 Å². The van der Waals surface area contributed by atoms with E-state index in [0.717, 1.165) is 12.8 Å². The Hall–Kier alpha value is -1.36. The Morgan fingerprint density at radius 3 is 2.89 bits per heavy atom. The highest BCUT2D eigenvalue weighted by Crippen LogP contribution is 2.34. The van der Waals surface area contributed by atoms with Gasteiger partial charge in [0.15, 0.2) is 0 Å². The summed E-state index contributed by atoms with van der Waals surface area (Å²) in [7, 11) is 0. The zero-order valence-corrected chi connectivity index (χ0v) is 10.6. The number of nitrogens with zero attached hydrogens (tertiary/aromatic N) is 2. The average molecular weight is 249 g/mol. The predicted molar refractivity (Wildman–Crippen MR) is 66.4 cm³/mol. The summed E-state index contributed by atoms with van der Waals surface area (Å²) >= 11 is 0. The summed E-state index contributed by atoms with van der Waals surface area (Å²) in [6.07, 6.45) is 8.05. The highest BCUT2D eigenvalue weighted by atomic mass is 16.5. The van der Waals surface area contributed by atoms with Crippen LogP contribution >= 0.6 is 0 Å². The van der Waals surface area contributed by atoms with Crippen molar-refractivity contribution in [2.24, 2.45) is 0 Å². The van der Waals surface area contributed by atoms with Gasteiger partial charge in [-0.05, 0) is 32.6 Å². The molecule has 3 rings (SSSR count). The van der Waals surface area contributed by atoms with Crippen LogP contribution in [0.15, 0.2) is 12.5 Å². The van der Waals surface area contributed by atoms with E-state index in [-0.39, 0.29) is 5.97 Å². The van der Waals surface area contributed by atoms with Crippen LogP contribution in [0, 0.1) is 0 Å². The van der Waals surface area contributed by atoms with E-state index >= 15 is 0 Å². The Balaban J connectivity index is 1.80. The maximum Gasteiger partial charge on any atom is 0.356 e. The number of nitrogens with one attached hydrogen (secondary N) is 1. The lowest BCUT2D eigenvalue weighted by Gasteiger charge is -2.30. The SMILES string of the molecule is CCOC(=O)c1cncn1C1CC2CCC(C1)N2. The zero-order chi connectivity index (χ0) is 12.5. The van der Waals surface area contributed by atoms with Gasteiger partial charge in [0.2, 0.25) is 0 Å². The Kier molecular flexibility index (Phi) is 3.07. The largest absolute Gasteiger partial charge is 0.461 e. The molecule has 1 aromatic heterocycles. The van der Waals surface area contributed by atoms with E-state index in [9.17, 15) is 4.79 Å². The Bertz CT molecular complexity index is 431. The number of fused-ring (bicyclic) bond motifs is 2. The van der Waals surface area contributed by atoms with Crippen molar-refractivity contribution in [1.29, 1.82) is 0 Å². The molecule has 2 fully saturated rings. The van der Waals surface area contributed by atoms with Crippen LogP contribution in [0.4, 0.5) is 0 Å². The van der Waals surface area contributed by atoms with Gasteiger partial charge in [-0.1, -0.05) is 0 Å². The first-order chi connectivity index (χ1) is 8.78. The number of carbonyl (C=O) groups is 1. The minimum atomic E-state index is -0.263. The summed E-state index contributed by atoms with van der Waals surface area (Å²) in [5.41, 5.74) is 0.586. The minimum absolute atomic E-state index is 0.263. The summed E-state index contributed by atoms with van der Waals surface area (Å²) in [6.45, 7) is 2.23. The van der Waals surface area contributed by atoms with Gasteiger partial charge < -0.3 is 14.6 Å². The molecular weight excluding hydrogens is 230 g/mol. The molecule has 98 valence electrons. The predicted octanol–water partition coefficient (Wildman–Crippen LogP) is 1.52. The van der Waals surface area contributed by atoms with E-state index in [0.29, 0.717) is 30.4 Å². The number of hydrogen-bond acceptors (Lipinski definition) is 4. The van der Waals surface area contributed by atoms with Crippen molar-refractivity contribution >= 4 is 5.97 Å². The molecule has 2 unspecified atom stereocenters. The number of imidazole rings is 1. The molecule has 2 bridgehead atoms. The molecule has 1 aromatic rings. The molecule has 5 heteroatoms. The van der Waals surface area contributed by atoms with Crippen LogP contribution in [0.1, 0.15) is 49.1 Å². The van der Waals surface area contributed by atoms with Crippen LogP contribution in [0.2, 0.25) is 0 Å². The monoisotopic (exact) mass is 249 g/mol. The molecule has 0 saturated carbocycles. The maximum atomic E-state index is 11.8. The molecule has 5 nitrogen and oxygen atoms in total. The highest BCUT2D eigenvalue weighted by Gasteiger charge is 2.35. The maximum absolute atomic E-state index is 11.8. The molecular formula is C13H19N3O2. The van der Waals surface area contributed by atoms with Gasteiger partial charge in [0, 0.05) is 18.1 Å². The first kappa shape index (κ1) is 11.7. The number of piperidine rings is 1. The van der Waals surface area contributed by atoms with Gasteiger partial charge in [-0.3, -0.25) is 0 Å². The molecule has 18 heavy (non-hydrogen) atoms. The summed E-state index contributed by atoms with van der Waals surface area (Å²) in [5.74, 6) is -0.263. The van der Waals surface area contributed by atoms with Crippen LogP contribution in [0.3, 0.4) is 0 Å². The number of esters is 1. The van der Waals surface area contributed by atoms with Crippen LogP contribution in [0.25, 0.3) is 0 Å². The molecule has 0 spiro atoms. The molecule has 2 atom stereocenters. The number of aromatic nitrogens is 2. The second-order valence-corrected chi connectivity index (χ2v) is 5.17. The van der Waals surface area contributed by atoms with E-state index in [2.05, 4.69) is 10.3 Å². The molecule has 0 aromatic carbocycles. The first-order valence-corrected chi connectivity index (χ1v) is 6.73. The van der Waals surface area contributed by atoms with Gasteiger partial charge in [-0.15, -0.1) is 0 Å². The van der Waals surface area contributed by atoms with Crippen molar-refractivity contribution in [3.63, 3.8) is 0 Å². The Morgan fingerprint density at radius 2 is 2.22 bits per heavy atom. The van der Waals surface area contributed by atoms with Gasteiger partial charge in [-0.2, -0.15) is 0 Å². The minimum Gasteiger partial charge on any atom is -0.461 e. The molecule has 2 aliphatic heterocycles. The number of rotatable bonds is 3. The third-order valence-electron chi connectivity index (χ3n) is 3.99. The zero-order valence-electron chi connectivity index (χ0n) is 10.6. The summed E-state index contributed by atoms with van der Waals surface area (Å²) in [6, 6.07) is 1.59. The van der Waals surface area contributed by atoms with E-state index in [1.807, 2.05) is 11.5 Å². The third-order valence-corrected chi connectivity index (χ3v) is 3.99. The molecule has 2 aliphatic rings. The summed E-state index contributed by atoms with van der Waals surface area (Å²) in [4.78, 5) is 16.0. The molecule has 1 N–H and O–H groups in total.